The lowest BCUT2D eigenvalue weighted by molar-refractivity contribution is 0.607. The summed E-state index contributed by atoms with van der Waals surface area (Å²) in [7, 11) is -3.32. The molecule has 0 saturated heterocycles. The van der Waals surface area contributed by atoms with E-state index in [1.807, 2.05) is 18.2 Å². The van der Waals surface area contributed by atoms with Gasteiger partial charge in [-0.2, -0.15) is 0 Å². The average Bonchev–Trinajstić information content (AvgIpc) is 3.07. The van der Waals surface area contributed by atoms with Gasteiger partial charge in [0, 0.05) is 11.4 Å². The second kappa shape index (κ2) is 7.72. The van der Waals surface area contributed by atoms with Crippen LogP contribution in [-0.2, 0) is 10.0 Å². The third kappa shape index (κ3) is 4.59. The summed E-state index contributed by atoms with van der Waals surface area (Å²) >= 11 is 1.71. The largest absolute Gasteiger partial charge is 0.354 e. The Labute approximate surface area is 159 Å². The first-order valence-electron chi connectivity index (χ1n) is 8.41. The standard InChI is InChI=1S/C19H23N3O2S2/c1-13-6-4-9-17(14(13)2)18(21-19-20-10-11-25-19)15-7-5-8-16(12-15)22-26(3,23)24/h4-9,12,18,22H,10-11H2,1-3H3,(H,20,21). The number of rotatable bonds is 5. The Balaban J connectivity index is 2.03. The van der Waals surface area contributed by atoms with Gasteiger partial charge in [0.1, 0.15) is 0 Å². The van der Waals surface area contributed by atoms with Crippen molar-refractivity contribution in [1.29, 1.82) is 0 Å². The molecule has 1 aliphatic heterocycles. The Kier molecular flexibility index (Phi) is 5.58. The van der Waals surface area contributed by atoms with E-state index >= 15 is 0 Å². The lowest BCUT2D eigenvalue weighted by Crippen LogP contribution is -2.27. The van der Waals surface area contributed by atoms with E-state index in [1.54, 1.807) is 17.8 Å². The molecule has 0 amide bonds. The van der Waals surface area contributed by atoms with Crippen molar-refractivity contribution in [3.63, 3.8) is 0 Å². The Morgan fingerprint density at radius 2 is 1.92 bits per heavy atom. The Hall–Kier alpha value is -1.99. The molecule has 1 heterocycles. The monoisotopic (exact) mass is 389 g/mol. The highest BCUT2D eigenvalue weighted by molar-refractivity contribution is 8.14. The minimum Gasteiger partial charge on any atom is -0.354 e. The van der Waals surface area contributed by atoms with E-state index in [0.717, 1.165) is 34.8 Å². The van der Waals surface area contributed by atoms with Crippen LogP contribution in [0, 0.1) is 13.8 Å². The predicted octanol–water partition coefficient (Wildman–Crippen LogP) is 3.46. The maximum Gasteiger partial charge on any atom is 0.229 e. The highest BCUT2D eigenvalue weighted by atomic mass is 32.2. The van der Waals surface area contributed by atoms with E-state index in [2.05, 4.69) is 47.1 Å². The summed E-state index contributed by atoms with van der Waals surface area (Å²) in [4.78, 5) is 4.52. The van der Waals surface area contributed by atoms with Gasteiger partial charge in [0.15, 0.2) is 5.17 Å². The molecule has 2 aromatic carbocycles. The van der Waals surface area contributed by atoms with Gasteiger partial charge in [-0.15, -0.1) is 0 Å². The van der Waals surface area contributed by atoms with Crippen molar-refractivity contribution in [1.82, 2.24) is 5.32 Å². The smallest absolute Gasteiger partial charge is 0.229 e. The quantitative estimate of drug-likeness (QED) is 0.822. The van der Waals surface area contributed by atoms with Crippen molar-refractivity contribution in [2.75, 3.05) is 23.3 Å². The van der Waals surface area contributed by atoms with Gasteiger partial charge in [-0.05, 0) is 48.2 Å². The summed E-state index contributed by atoms with van der Waals surface area (Å²) < 4.78 is 25.7. The fourth-order valence-electron chi connectivity index (χ4n) is 2.97. The molecule has 0 spiro atoms. The topological polar surface area (TPSA) is 70.6 Å². The number of anilines is 1. The molecular formula is C19H23N3O2S2. The third-order valence-electron chi connectivity index (χ3n) is 4.33. The maximum absolute atomic E-state index is 11.6. The summed E-state index contributed by atoms with van der Waals surface area (Å²) in [6, 6.07) is 13.7. The minimum atomic E-state index is -3.32. The van der Waals surface area contributed by atoms with Gasteiger partial charge in [0.2, 0.25) is 10.0 Å². The summed E-state index contributed by atoms with van der Waals surface area (Å²) in [6.07, 6.45) is 1.16. The van der Waals surface area contributed by atoms with Crippen LogP contribution < -0.4 is 10.0 Å². The number of thioether (sulfide) groups is 1. The number of nitrogens with zero attached hydrogens (tertiary/aromatic N) is 1. The number of aryl methyl sites for hydroxylation is 1. The number of hydrogen-bond acceptors (Lipinski definition) is 5. The third-order valence-corrected chi connectivity index (χ3v) is 5.85. The first-order chi connectivity index (χ1) is 12.3. The summed E-state index contributed by atoms with van der Waals surface area (Å²) in [5, 5.41) is 4.47. The molecule has 26 heavy (non-hydrogen) atoms. The molecule has 7 heteroatoms. The van der Waals surface area contributed by atoms with Crippen LogP contribution in [0.15, 0.2) is 47.5 Å². The number of amidine groups is 1. The molecule has 0 saturated carbocycles. The molecule has 0 aliphatic carbocycles. The van der Waals surface area contributed by atoms with E-state index in [1.165, 1.54) is 11.1 Å². The zero-order valence-corrected chi connectivity index (χ0v) is 16.7. The zero-order valence-electron chi connectivity index (χ0n) is 15.1. The van der Waals surface area contributed by atoms with Gasteiger partial charge in [-0.25, -0.2) is 8.42 Å². The normalized spacial score (nSPS) is 15.4. The van der Waals surface area contributed by atoms with Crippen LogP contribution in [0.5, 0.6) is 0 Å². The highest BCUT2D eigenvalue weighted by Crippen LogP contribution is 2.29. The maximum atomic E-state index is 11.6. The second-order valence-electron chi connectivity index (χ2n) is 6.40. The number of hydrogen-bond donors (Lipinski definition) is 2. The Bertz CT molecular complexity index is 940. The van der Waals surface area contributed by atoms with Gasteiger partial charge < -0.3 is 5.32 Å². The van der Waals surface area contributed by atoms with Gasteiger partial charge in [0.05, 0.1) is 18.8 Å². The van der Waals surface area contributed by atoms with Crippen molar-refractivity contribution < 1.29 is 8.42 Å². The van der Waals surface area contributed by atoms with Crippen LogP contribution >= 0.6 is 11.8 Å². The van der Waals surface area contributed by atoms with Crippen LogP contribution in [0.3, 0.4) is 0 Å². The second-order valence-corrected chi connectivity index (χ2v) is 9.23. The van der Waals surface area contributed by atoms with E-state index in [-0.39, 0.29) is 6.04 Å². The van der Waals surface area contributed by atoms with Crippen LogP contribution in [0.25, 0.3) is 0 Å². The molecule has 0 aromatic heterocycles. The van der Waals surface area contributed by atoms with Crippen molar-refractivity contribution >= 4 is 32.6 Å². The van der Waals surface area contributed by atoms with E-state index in [0.29, 0.717) is 5.69 Å². The Morgan fingerprint density at radius 3 is 2.62 bits per heavy atom. The average molecular weight is 390 g/mol. The molecule has 3 rings (SSSR count). The molecular weight excluding hydrogens is 366 g/mol. The highest BCUT2D eigenvalue weighted by Gasteiger charge is 2.20. The molecule has 0 fully saturated rings. The Morgan fingerprint density at radius 1 is 1.15 bits per heavy atom. The lowest BCUT2D eigenvalue weighted by atomic mass is 9.92. The molecule has 0 bridgehead atoms. The van der Waals surface area contributed by atoms with Gasteiger partial charge in [-0.1, -0.05) is 42.1 Å². The number of sulfonamides is 1. The predicted molar refractivity (Wildman–Crippen MR) is 111 cm³/mol. The molecule has 1 aliphatic rings. The number of aliphatic imine (C=N–C) groups is 1. The fraction of sp³-hybridized carbons (Fsp3) is 0.316. The van der Waals surface area contributed by atoms with Crippen molar-refractivity contribution in [2.24, 2.45) is 4.99 Å². The SMILES string of the molecule is Cc1cccc(C(NC2=NCCS2)c2cccc(NS(C)(=O)=O)c2)c1C. The molecule has 5 nitrogen and oxygen atoms in total. The number of benzene rings is 2. The van der Waals surface area contributed by atoms with Crippen molar-refractivity contribution in [2.45, 2.75) is 19.9 Å². The first-order valence-corrected chi connectivity index (χ1v) is 11.3. The van der Waals surface area contributed by atoms with Crippen molar-refractivity contribution in [3.8, 4) is 0 Å². The van der Waals surface area contributed by atoms with E-state index in [9.17, 15) is 8.42 Å². The van der Waals surface area contributed by atoms with Crippen LogP contribution in [-0.4, -0.2) is 32.1 Å². The molecule has 0 radical (unpaired) electrons. The van der Waals surface area contributed by atoms with Gasteiger partial charge in [0.25, 0.3) is 0 Å². The molecule has 1 unspecified atom stereocenters. The molecule has 2 aromatic rings. The summed E-state index contributed by atoms with van der Waals surface area (Å²) in [6.45, 7) is 5.03. The summed E-state index contributed by atoms with van der Waals surface area (Å²) in [5.74, 6) is 0.984. The number of nitrogens with one attached hydrogen (secondary N) is 2. The fourth-order valence-corrected chi connectivity index (χ4v) is 4.28. The molecule has 138 valence electrons. The van der Waals surface area contributed by atoms with E-state index < -0.39 is 10.0 Å². The van der Waals surface area contributed by atoms with Crippen LogP contribution in [0.4, 0.5) is 5.69 Å². The van der Waals surface area contributed by atoms with E-state index in [4.69, 9.17) is 0 Å². The minimum absolute atomic E-state index is 0.0967. The lowest BCUT2D eigenvalue weighted by Gasteiger charge is -2.23. The first kappa shape index (κ1) is 18.8. The van der Waals surface area contributed by atoms with Crippen LogP contribution in [0.1, 0.15) is 28.3 Å². The molecule has 2 N–H and O–H groups in total. The summed E-state index contributed by atoms with van der Waals surface area (Å²) in [5.41, 5.74) is 5.15. The zero-order chi connectivity index (χ0) is 18.7. The van der Waals surface area contributed by atoms with Crippen LogP contribution in [0.2, 0.25) is 0 Å². The van der Waals surface area contributed by atoms with Gasteiger partial charge in [-0.3, -0.25) is 9.71 Å². The van der Waals surface area contributed by atoms with Gasteiger partial charge >= 0.3 is 0 Å². The molecule has 1 atom stereocenters. The van der Waals surface area contributed by atoms with Crippen molar-refractivity contribution in [3.05, 3.63) is 64.7 Å².